The fourth-order valence-electron chi connectivity index (χ4n) is 2.72. The van der Waals surface area contributed by atoms with E-state index in [2.05, 4.69) is 21.0 Å². The largest absolute Gasteiger partial charge is 0.313 e. The molecule has 0 spiro atoms. The molecule has 0 radical (unpaired) electrons. The topological polar surface area (TPSA) is 43.1 Å². The van der Waals surface area contributed by atoms with Gasteiger partial charge in [-0.2, -0.15) is 0 Å². The quantitative estimate of drug-likeness (QED) is 0.600. The van der Waals surface area contributed by atoms with Crippen LogP contribution in [0, 0.1) is 0 Å². The number of aliphatic imine (C=N–C) groups is 1. The third kappa shape index (κ3) is 1.12. The van der Waals surface area contributed by atoms with Gasteiger partial charge in [0.1, 0.15) is 11.3 Å². The minimum absolute atomic E-state index is 0.864. The molecule has 0 aromatic carbocycles. The lowest BCUT2D eigenvalue weighted by molar-refractivity contribution is 0.934. The number of aryl methyl sites for hydroxylation is 1. The molecule has 4 rings (SSSR count). The fraction of sp³-hybridized carbons (Fsp3) is 0.214. The van der Waals surface area contributed by atoms with Crippen LogP contribution in [0.1, 0.15) is 11.1 Å². The van der Waals surface area contributed by atoms with Crippen LogP contribution in [0.15, 0.2) is 29.5 Å². The van der Waals surface area contributed by atoms with E-state index in [-0.39, 0.29) is 0 Å². The smallest absolute Gasteiger partial charge is 0.142 e. The Kier molecular flexibility index (Phi) is 1.84. The SMILES string of the molecule is Cn1c2ncccc2c2c3c(cnc21)CCN=C3. The zero-order valence-corrected chi connectivity index (χ0v) is 10.1. The van der Waals surface area contributed by atoms with E-state index < -0.39 is 0 Å². The van der Waals surface area contributed by atoms with Crippen LogP contribution >= 0.6 is 0 Å². The molecule has 4 heterocycles. The molecular weight excluding hydrogens is 224 g/mol. The molecule has 18 heavy (non-hydrogen) atoms. The molecule has 88 valence electrons. The van der Waals surface area contributed by atoms with Gasteiger partial charge in [-0.25, -0.2) is 9.97 Å². The summed E-state index contributed by atoms with van der Waals surface area (Å²) < 4.78 is 2.05. The van der Waals surface area contributed by atoms with Crippen molar-refractivity contribution in [3.8, 4) is 0 Å². The van der Waals surface area contributed by atoms with Gasteiger partial charge in [-0.15, -0.1) is 0 Å². The standard InChI is InChI=1S/C14H12N4/c1-18-13-10(3-2-5-16-13)12-11-8-15-6-4-9(11)7-17-14(12)18/h2-3,5,7-8H,4,6H2,1H3. The average molecular weight is 236 g/mol. The zero-order chi connectivity index (χ0) is 12.1. The Balaban J connectivity index is 2.29. The van der Waals surface area contributed by atoms with Crippen molar-refractivity contribution >= 4 is 28.3 Å². The lowest BCUT2D eigenvalue weighted by atomic mass is 10.0. The van der Waals surface area contributed by atoms with Crippen LogP contribution in [0.5, 0.6) is 0 Å². The van der Waals surface area contributed by atoms with Crippen LogP contribution in [0.25, 0.3) is 22.1 Å². The summed E-state index contributed by atoms with van der Waals surface area (Å²) in [5.41, 5.74) is 4.46. The number of nitrogens with zero attached hydrogens (tertiary/aromatic N) is 4. The van der Waals surface area contributed by atoms with Gasteiger partial charge >= 0.3 is 0 Å². The first-order chi connectivity index (χ1) is 8.86. The highest BCUT2D eigenvalue weighted by molar-refractivity contribution is 6.13. The number of rotatable bonds is 0. The Morgan fingerprint density at radius 3 is 3.11 bits per heavy atom. The molecule has 3 aromatic heterocycles. The maximum absolute atomic E-state index is 4.59. The highest BCUT2D eigenvalue weighted by Gasteiger charge is 2.17. The van der Waals surface area contributed by atoms with Gasteiger partial charge in [0.25, 0.3) is 0 Å². The second-order valence-corrected chi connectivity index (χ2v) is 4.61. The van der Waals surface area contributed by atoms with Crippen molar-refractivity contribution in [1.82, 2.24) is 14.5 Å². The van der Waals surface area contributed by atoms with Crippen molar-refractivity contribution in [3.63, 3.8) is 0 Å². The molecule has 0 N–H and O–H groups in total. The molecule has 1 aliphatic rings. The first-order valence-corrected chi connectivity index (χ1v) is 6.07. The van der Waals surface area contributed by atoms with Crippen molar-refractivity contribution in [2.75, 3.05) is 6.54 Å². The Hall–Kier alpha value is -2.23. The van der Waals surface area contributed by atoms with Gasteiger partial charge in [-0.3, -0.25) is 4.99 Å². The van der Waals surface area contributed by atoms with Crippen LogP contribution in [0.4, 0.5) is 0 Å². The van der Waals surface area contributed by atoms with Crippen molar-refractivity contribution in [3.05, 3.63) is 35.7 Å². The summed E-state index contributed by atoms with van der Waals surface area (Å²) in [5.74, 6) is 0. The summed E-state index contributed by atoms with van der Waals surface area (Å²) in [5, 5.41) is 2.34. The lowest BCUT2D eigenvalue weighted by Crippen LogP contribution is -2.04. The molecular formula is C14H12N4. The maximum atomic E-state index is 4.59. The van der Waals surface area contributed by atoms with E-state index in [0.717, 1.165) is 29.6 Å². The number of fused-ring (bicyclic) bond motifs is 5. The molecule has 0 unspecified atom stereocenters. The molecule has 1 aliphatic heterocycles. The van der Waals surface area contributed by atoms with Gasteiger partial charge in [-0.1, -0.05) is 0 Å². The summed E-state index contributed by atoms with van der Waals surface area (Å²) in [6.07, 6.45) is 6.75. The molecule has 4 heteroatoms. The lowest BCUT2D eigenvalue weighted by Gasteiger charge is -2.10. The van der Waals surface area contributed by atoms with E-state index in [1.807, 2.05) is 36.3 Å². The average Bonchev–Trinajstić information content (AvgIpc) is 2.73. The fourth-order valence-corrected chi connectivity index (χ4v) is 2.72. The van der Waals surface area contributed by atoms with Gasteiger partial charge < -0.3 is 4.57 Å². The summed E-state index contributed by atoms with van der Waals surface area (Å²) in [4.78, 5) is 13.4. The molecule has 0 saturated heterocycles. The van der Waals surface area contributed by atoms with E-state index in [1.54, 1.807) is 0 Å². The summed E-state index contributed by atoms with van der Waals surface area (Å²) in [6, 6.07) is 4.08. The first-order valence-electron chi connectivity index (χ1n) is 6.07. The number of hydrogen-bond donors (Lipinski definition) is 0. The van der Waals surface area contributed by atoms with Gasteiger partial charge in [0.2, 0.25) is 0 Å². The predicted molar refractivity (Wildman–Crippen MR) is 72.2 cm³/mol. The number of pyridine rings is 2. The molecule has 0 amide bonds. The Morgan fingerprint density at radius 1 is 1.22 bits per heavy atom. The second-order valence-electron chi connectivity index (χ2n) is 4.61. The molecule has 0 aliphatic carbocycles. The van der Waals surface area contributed by atoms with Gasteiger partial charge in [0.05, 0.1) is 0 Å². The first kappa shape index (κ1) is 9.76. The van der Waals surface area contributed by atoms with Gasteiger partial charge in [0.15, 0.2) is 0 Å². The number of aromatic nitrogens is 3. The van der Waals surface area contributed by atoms with Gasteiger partial charge in [0, 0.05) is 48.5 Å². The number of hydrogen-bond acceptors (Lipinski definition) is 3. The highest BCUT2D eigenvalue weighted by atomic mass is 15.1. The van der Waals surface area contributed by atoms with Crippen molar-refractivity contribution < 1.29 is 0 Å². The van der Waals surface area contributed by atoms with Crippen molar-refractivity contribution in [2.45, 2.75) is 6.42 Å². The molecule has 4 nitrogen and oxygen atoms in total. The van der Waals surface area contributed by atoms with Crippen LogP contribution in [0.3, 0.4) is 0 Å². The third-order valence-electron chi connectivity index (χ3n) is 3.60. The summed E-state index contributed by atoms with van der Waals surface area (Å²) in [7, 11) is 2.01. The van der Waals surface area contributed by atoms with Crippen LogP contribution in [-0.2, 0) is 13.5 Å². The molecule has 0 bridgehead atoms. The van der Waals surface area contributed by atoms with E-state index in [4.69, 9.17) is 0 Å². The summed E-state index contributed by atoms with van der Waals surface area (Å²) >= 11 is 0. The third-order valence-corrected chi connectivity index (χ3v) is 3.60. The van der Waals surface area contributed by atoms with Crippen LogP contribution < -0.4 is 0 Å². The van der Waals surface area contributed by atoms with Crippen molar-refractivity contribution in [1.29, 1.82) is 0 Å². The second kappa shape index (κ2) is 3.38. The zero-order valence-electron chi connectivity index (χ0n) is 10.1. The van der Waals surface area contributed by atoms with E-state index >= 15 is 0 Å². The maximum Gasteiger partial charge on any atom is 0.142 e. The van der Waals surface area contributed by atoms with E-state index in [0.29, 0.717) is 0 Å². The Bertz CT molecular complexity index is 798. The molecule has 0 saturated carbocycles. The highest BCUT2D eigenvalue weighted by Crippen LogP contribution is 2.30. The molecule has 0 atom stereocenters. The van der Waals surface area contributed by atoms with E-state index in [1.165, 1.54) is 16.5 Å². The minimum Gasteiger partial charge on any atom is -0.313 e. The Labute approximate surface area is 104 Å². The van der Waals surface area contributed by atoms with Crippen LogP contribution in [0.2, 0.25) is 0 Å². The molecule has 3 aromatic rings. The predicted octanol–water partition coefficient (Wildman–Crippen LogP) is 2.10. The van der Waals surface area contributed by atoms with Gasteiger partial charge in [-0.05, 0) is 24.1 Å². The minimum atomic E-state index is 0.864. The summed E-state index contributed by atoms with van der Waals surface area (Å²) in [6.45, 7) is 0.864. The monoisotopic (exact) mass is 236 g/mol. The van der Waals surface area contributed by atoms with Crippen LogP contribution in [-0.4, -0.2) is 27.3 Å². The Morgan fingerprint density at radius 2 is 2.17 bits per heavy atom. The normalized spacial score (nSPS) is 14.3. The van der Waals surface area contributed by atoms with Crippen molar-refractivity contribution in [2.24, 2.45) is 12.0 Å². The molecule has 0 fully saturated rings. The van der Waals surface area contributed by atoms with E-state index in [9.17, 15) is 0 Å².